The highest BCUT2D eigenvalue weighted by Crippen LogP contribution is 2.48. The zero-order valence-electron chi connectivity index (χ0n) is 15.4. The second kappa shape index (κ2) is 6.47. The lowest BCUT2D eigenvalue weighted by molar-refractivity contribution is -0.117. The summed E-state index contributed by atoms with van der Waals surface area (Å²) in [5.41, 5.74) is 2.07. The van der Waals surface area contributed by atoms with Crippen molar-refractivity contribution in [2.75, 3.05) is 23.3 Å². The van der Waals surface area contributed by atoms with Crippen molar-refractivity contribution in [1.29, 1.82) is 0 Å². The van der Waals surface area contributed by atoms with E-state index in [1.54, 1.807) is 24.3 Å². The molecule has 5 rings (SSSR count). The predicted molar refractivity (Wildman–Crippen MR) is 104 cm³/mol. The van der Waals surface area contributed by atoms with Gasteiger partial charge in [-0.25, -0.2) is 9.67 Å². The topological polar surface area (TPSA) is 93.3 Å². The average Bonchev–Trinajstić information content (AvgIpc) is 3.30. The summed E-state index contributed by atoms with van der Waals surface area (Å²) in [4.78, 5) is 30.9. The molecule has 0 bridgehead atoms. The summed E-state index contributed by atoms with van der Waals surface area (Å²) in [7, 11) is 0. The average molecular weight is 379 g/mol. The second-order valence-corrected chi connectivity index (χ2v) is 7.80. The summed E-state index contributed by atoms with van der Waals surface area (Å²) in [6, 6.07) is 8.45. The minimum atomic E-state index is -0.313. The fourth-order valence-electron chi connectivity index (χ4n) is 4.21. The molecule has 1 saturated carbocycles. The van der Waals surface area contributed by atoms with Crippen LogP contribution in [0.5, 0.6) is 0 Å². The molecule has 1 N–H and O–H groups in total. The molecule has 2 aromatic heterocycles. The number of rotatable bonds is 4. The van der Waals surface area contributed by atoms with Gasteiger partial charge in [-0.2, -0.15) is 5.10 Å². The summed E-state index contributed by atoms with van der Waals surface area (Å²) >= 11 is 0. The maximum Gasteiger partial charge on any atom is 0.267 e. The Kier molecular flexibility index (Phi) is 3.92. The number of anilines is 2. The van der Waals surface area contributed by atoms with E-state index >= 15 is 0 Å². The van der Waals surface area contributed by atoms with Gasteiger partial charge < -0.3 is 14.6 Å². The molecular weight excluding hydrogens is 358 g/mol. The van der Waals surface area contributed by atoms with Crippen molar-refractivity contribution in [3.63, 3.8) is 0 Å². The van der Waals surface area contributed by atoms with E-state index < -0.39 is 0 Å². The first-order valence-corrected chi connectivity index (χ1v) is 9.57. The molecule has 1 amide bonds. The second-order valence-electron chi connectivity index (χ2n) is 7.80. The molecule has 2 fully saturated rings. The van der Waals surface area contributed by atoms with Crippen molar-refractivity contribution in [3.05, 3.63) is 47.1 Å². The molecule has 1 spiro atoms. The summed E-state index contributed by atoms with van der Waals surface area (Å²) in [6.45, 7) is 1.81. The number of carbonyl (C=O) groups excluding carboxylic acids is 1. The largest absolute Gasteiger partial charge is 0.443 e. The lowest BCUT2D eigenvalue weighted by atomic mass is 9.68. The van der Waals surface area contributed by atoms with Crippen molar-refractivity contribution >= 4 is 28.5 Å². The lowest BCUT2D eigenvalue weighted by Gasteiger charge is -2.38. The van der Waals surface area contributed by atoms with Gasteiger partial charge in [-0.3, -0.25) is 9.59 Å². The van der Waals surface area contributed by atoms with Crippen LogP contribution in [0.25, 0.3) is 11.1 Å². The molecule has 144 valence electrons. The Morgan fingerprint density at radius 2 is 2.11 bits per heavy atom. The normalized spacial score (nSPS) is 17.8. The summed E-state index contributed by atoms with van der Waals surface area (Å²) < 4.78 is 6.42. The number of nitrogens with one attached hydrogen (secondary N) is 1. The van der Waals surface area contributed by atoms with Gasteiger partial charge in [0.25, 0.3) is 5.56 Å². The van der Waals surface area contributed by atoms with Crippen LogP contribution < -0.4 is 15.8 Å². The van der Waals surface area contributed by atoms with E-state index in [0.717, 1.165) is 18.9 Å². The monoisotopic (exact) mass is 379 g/mol. The zero-order valence-corrected chi connectivity index (χ0v) is 15.4. The standard InChI is InChI=1S/C20H21N5O3/c26-18(22-14-2-3-16-15(10-14)21-13-28-16)11-25-19(27)5-4-17(23-25)24-9-8-20(12-24)6-1-7-20/h2-5,10,13H,1,6-9,11-12H2,(H,22,26). The molecule has 1 saturated heterocycles. The molecule has 0 unspecified atom stereocenters. The van der Waals surface area contributed by atoms with Gasteiger partial charge in [0.05, 0.1) is 0 Å². The molecule has 0 radical (unpaired) electrons. The predicted octanol–water partition coefficient (Wildman–Crippen LogP) is 2.40. The van der Waals surface area contributed by atoms with Crippen molar-refractivity contribution in [2.24, 2.45) is 5.41 Å². The molecule has 1 aliphatic carbocycles. The maximum atomic E-state index is 12.4. The van der Waals surface area contributed by atoms with Crippen LogP contribution in [0.1, 0.15) is 25.7 Å². The molecule has 8 heteroatoms. The van der Waals surface area contributed by atoms with Gasteiger partial charge in [-0.1, -0.05) is 6.42 Å². The van der Waals surface area contributed by atoms with E-state index in [4.69, 9.17) is 4.42 Å². The molecule has 8 nitrogen and oxygen atoms in total. The van der Waals surface area contributed by atoms with Crippen LogP contribution in [0.2, 0.25) is 0 Å². The molecule has 1 aliphatic heterocycles. The van der Waals surface area contributed by atoms with Crippen LogP contribution in [-0.2, 0) is 11.3 Å². The van der Waals surface area contributed by atoms with Gasteiger partial charge in [0.15, 0.2) is 12.0 Å². The minimum absolute atomic E-state index is 0.136. The quantitative estimate of drug-likeness (QED) is 0.748. The van der Waals surface area contributed by atoms with E-state index in [1.807, 2.05) is 0 Å². The number of hydrogen-bond donors (Lipinski definition) is 1. The van der Waals surface area contributed by atoms with E-state index in [1.165, 1.54) is 42.8 Å². The third-order valence-corrected chi connectivity index (χ3v) is 5.94. The summed E-state index contributed by atoms with van der Waals surface area (Å²) in [5, 5.41) is 7.23. The Balaban J connectivity index is 1.30. The van der Waals surface area contributed by atoms with Crippen LogP contribution >= 0.6 is 0 Å². The van der Waals surface area contributed by atoms with Crippen molar-refractivity contribution in [1.82, 2.24) is 14.8 Å². The van der Waals surface area contributed by atoms with Gasteiger partial charge in [-0.15, -0.1) is 0 Å². The van der Waals surface area contributed by atoms with E-state index in [-0.39, 0.29) is 18.0 Å². The number of oxazole rings is 1. The first-order valence-electron chi connectivity index (χ1n) is 9.57. The fourth-order valence-corrected chi connectivity index (χ4v) is 4.21. The number of fused-ring (bicyclic) bond motifs is 1. The molecule has 3 aromatic rings. The van der Waals surface area contributed by atoms with Crippen LogP contribution in [0.15, 0.2) is 45.9 Å². The van der Waals surface area contributed by atoms with Crippen LogP contribution in [0.3, 0.4) is 0 Å². The Hall–Kier alpha value is -3.16. The SMILES string of the molecule is O=C(Cn1nc(N2CCC3(CCC3)C2)ccc1=O)Nc1ccc2ocnc2c1. The number of carbonyl (C=O) groups is 1. The number of hydrogen-bond acceptors (Lipinski definition) is 6. The van der Waals surface area contributed by atoms with Gasteiger partial charge in [0, 0.05) is 24.8 Å². The highest BCUT2D eigenvalue weighted by molar-refractivity contribution is 5.92. The lowest BCUT2D eigenvalue weighted by Crippen LogP contribution is -2.35. The number of nitrogens with zero attached hydrogens (tertiary/aromatic N) is 4. The maximum absolute atomic E-state index is 12.4. The molecule has 2 aliphatic rings. The highest BCUT2D eigenvalue weighted by atomic mass is 16.3. The summed E-state index contributed by atoms with van der Waals surface area (Å²) in [5.74, 6) is 0.451. The number of amides is 1. The Morgan fingerprint density at radius 1 is 1.21 bits per heavy atom. The van der Waals surface area contributed by atoms with E-state index in [0.29, 0.717) is 22.2 Å². The van der Waals surface area contributed by atoms with E-state index in [9.17, 15) is 9.59 Å². The highest BCUT2D eigenvalue weighted by Gasteiger charge is 2.43. The smallest absolute Gasteiger partial charge is 0.267 e. The zero-order chi connectivity index (χ0) is 19.1. The first kappa shape index (κ1) is 17.0. The van der Waals surface area contributed by atoms with Crippen molar-refractivity contribution < 1.29 is 9.21 Å². The van der Waals surface area contributed by atoms with Crippen LogP contribution in [0.4, 0.5) is 11.5 Å². The van der Waals surface area contributed by atoms with E-state index in [2.05, 4.69) is 20.3 Å². The third-order valence-electron chi connectivity index (χ3n) is 5.94. The third kappa shape index (κ3) is 3.04. The molecule has 28 heavy (non-hydrogen) atoms. The van der Waals surface area contributed by atoms with Crippen molar-refractivity contribution in [2.45, 2.75) is 32.2 Å². The van der Waals surface area contributed by atoms with Gasteiger partial charge in [-0.05, 0) is 48.9 Å². The van der Waals surface area contributed by atoms with Gasteiger partial charge in [0.1, 0.15) is 17.9 Å². The van der Waals surface area contributed by atoms with Gasteiger partial charge >= 0.3 is 0 Å². The Morgan fingerprint density at radius 3 is 2.89 bits per heavy atom. The Labute approximate surface area is 161 Å². The fraction of sp³-hybridized carbons (Fsp3) is 0.400. The minimum Gasteiger partial charge on any atom is -0.443 e. The summed E-state index contributed by atoms with van der Waals surface area (Å²) in [6.07, 6.45) is 6.40. The van der Waals surface area contributed by atoms with Gasteiger partial charge in [0.2, 0.25) is 5.91 Å². The molecule has 0 atom stereocenters. The Bertz CT molecular complexity index is 1100. The first-order chi connectivity index (χ1) is 13.6. The molecule has 3 heterocycles. The van der Waals surface area contributed by atoms with Crippen LogP contribution in [-0.4, -0.2) is 33.8 Å². The molecular formula is C20H21N5O3. The van der Waals surface area contributed by atoms with Crippen molar-refractivity contribution in [3.8, 4) is 0 Å². The van der Waals surface area contributed by atoms with Crippen LogP contribution in [0, 0.1) is 5.41 Å². The number of benzene rings is 1. The number of aromatic nitrogens is 3. The molecule has 1 aromatic carbocycles.